The topological polar surface area (TPSA) is 45.7 Å². The van der Waals surface area contributed by atoms with Gasteiger partial charge in [0.25, 0.3) is 5.91 Å². The van der Waals surface area contributed by atoms with Crippen molar-refractivity contribution in [2.24, 2.45) is 0 Å². The molecule has 1 fully saturated rings. The Kier molecular flexibility index (Phi) is 6.89. The zero-order valence-electron chi connectivity index (χ0n) is 15.7. The Balaban J connectivity index is 1.60. The van der Waals surface area contributed by atoms with E-state index < -0.39 is 17.8 Å². The van der Waals surface area contributed by atoms with Crippen LogP contribution < -0.4 is 9.64 Å². The maximum atomic E-state index is 12.8. The zero-order valence-corrected chi connectivity index (χ0v) is 18.0. The first-order valence-electron chi connectivity index (χ1n) is 8.94. The molecule has 5 nitrogen and oxygen atoms in total. The van der Waals surface area contributed by atoms with Crippen molar-refractivity contribution in [1.82, 2.24) is 9.88 Å². The molecule has 1 aromatic heterocycles. The largest absolute Gasteiger partial charge is 0.479 e. The Labute approximate surface area is 186 Å². The number of hydrogen-bond acceptors (Lipinski definition) is 4. The van der Waals surface area contributed by atoms with Gasteiger partial charge in [-0.05, 0) is 31.2 Å². The van der Waals surface area contributed by atoms with Crippen LogP contribution in [0.3, 0.4) is 0 Å². The van der Waals surface area contributed by atoms with Gasteiger partial charge in [0.05, 0.1) is 15.6 Å². The number of alkyl halides is 3. The van der Waals surface area contributed by atoms with E-state index in [1.54, 1.807) is 28.9 Å². The van der Waals surface area contributed by atoms with Gasteiger partial charge in [0.2, 0.25) is 0 Å². The molecule has 0 aliphatic carbocycles. The lowest BCUT2D eigenvalue weighted by atomic mass is 10.2. The van der Waals surface area contributed by atoms with Crippen LogP contribution in [0.15, 0.2) is 30.5 Å². The fraction of sp³-hybridized carbons (Fsp3) is 0.368. The minimum atomic E-state index is -4.51. The maximum absolute atomic E-state index is 12.8. The van der Waals surface area contributed by atoms with Crippen molar-refractivity contribution in [3.63, 3.8) is 0 Å². The number of halogens is 6. The summed E-state index contributed by atoms with van der Waals surface area (Å²) in [5.74, 6) is 0.377. The number of nitrogens with zero attached hydrogens (tertiary/aromatic N) is 3. The second-order valence-corrected chi connectivity index (χ2v) is 7.93. The van der Waals surface area contributed by atoms with Crippen molar-refractivity contribution >= 4 is 46.5 Å². The molecule has 0 bridgehead atoms. The quantitative estimate of drug-likeness (QED) is 0.603. The van der Waals surface area contributed by atoms with Gasteiger partial charge in [-0.2, -0.15) is 13.2 Å². The van der Waals surface area contributed by atoms with Crippen molar-refractivity contribution in [2.45, 2.75) is 19.2 Å². The lowest BCUT2D eigenvalue weighted by molar-refractivity contribution is -0.138. The van der Waals surface area contributed by atoms with Crippen LogP contribution in [-0.2, 0) is 11.0 Å². The predicted molar refractivity (Wildman–Crippen MR) is 110 cm³/mol. The highest BCUT2D eigenvalue weighted by Crippen LogP contribution is 2.34. The van der Waals surface area contributed by atoms with E-state index in [0.717, 1.165) is 12.3 Å². The molecule has 30 heavy (non-hydrogen) atoms. The molecule has 0 N–H and O–H groups in total. The second kappa shape index (κ2) is 9.08. The number of aromatic nitrogens is 1. The molecular weight excluding hydrogens is 466 g/mol. The normalized spacial score (nSPS) is 15.8. The maximum Gasteiger partial charge on any atom is 0.417 e. The highest BCUT2D eigenvalue weighted by Gasteiger charge is 2.33. The molecular formula is C19H17Cl3F3N3O2. The fourth-order valence-corrected chi connectivity index (χ4v) is 3.76. The molecule has 1 aliphatic rings. The number of rotatable bonds is 4. The van der Waals surface area contributed by atoms with Gasteiger partial charge in [0.1, 0.15) is 11.6 Å². The Morgan fingerprint density at radius 1 is 1.10 bits per heavy atom. The van der Waals surface area contributed by atoms with E-state index in [1.165, 1.54) is 6.07 Å². The number of piperazine rings is 1. The molecule has 1 saturated heterocycles. The molecule has 1 aromatic carbocycles. The third kappa shape index (κ3) is 5.22. The van der Waals surface area contributed by atoms with Crippen molar-refractivity contribution in [3.8, 4) is 5.75 Å². The number of anilines is 1. The number of pyridine rings is 1. The highest BCUT2D eigenvalue weighted by molar-refractivity contribution is 6.35. The van der Waals surface area contributed by atoms with Crippen LogP contribution in [-0.4, -0.2) is 48.1 Å². The van der Waals surface area contributed by atoms with Gasteiger partial charge in [-0.1, -0.05) is 34.8 Å². The van der Waals surface area contributed by atoms with Crippen LogP contribution in [0, 0.1) is 0 Å². The van der Waals surface area contributed by atoms with E-state index in [9.17, 15) is 18.0 Å². The zero-order chi connectivity index (χ0) is 22.1. The van der Waals surface area contributed by atoms with Gasteiger partial charge < -0.3 is 14.5 Å². The Morgan fingerprint density at radius 2 is 1.77 bits per heavy atom. The summed E-state index contributed by atoms with van der Waals surface area (Å²) >= 11 is 17.9. The van der Waals surface area contributed by atoms with Crippen LogP contribution in [0.25, 0.3) is 0 Å². The first-order valence-corrected chi connectivity index (χ1v) is 10.1. The molecule has 162 valence electrons. The number of ether oxygens (including phenoxy) is 1. The summed E-state index contributed by atoms with van der Waals surface area (Å²) in [6, 6.07) is 5.58. The van der Waals surface area contributed by atoms with Crippen molar-refractivity contribution in [2.75, 3.05) is 31.1 Å². The van der Waals surface area contributed by atoms with Crippen LogP contribution in [0.4, 0.5) is 19.0 Å². The van der Waals surface area contributed by atoms with Gasteiger partial charge in [-0.25, -0.2) is 4.98 Å². The van der Waals surface area contributed by atoms with E-state index in [0.29, 0.717) is 42.0 Å². The molecule has 11 heteroatoms. The van der Waals surface area contributed by atoms with Gasteiger partial charge >= 0.3 is 6.18 Å². The smallest absolute Gasteiger partial charge is 0.417 e. The van der Waals surface area contributed by atoms with Crippen molar-refractivity contribution in [3.05, 3.63) is 51.1 Å². The minimum Gasteiger partial charge on any atom is -0.479 e. The average molecular weight is 483 g/mol. The van der Waals surface area contributed by atoms with Gasteiger partial charge in [-0.3, -0.25) is 4.79 Å². The van der Waals surface area contributed by atoms with Gasteiger partial charge in [0, 0.05) is 37.4 Å². The molecule has 1 aliphatic heterocycles. The first kappa shape index (κ1) is 22.8. The molecule has 0 saturated carbocycles. The summed E-state index contributed by atoms with van der Waals surface area (Å²) in [5, 5.41) is 0.673. The van der Waals surface area contributed by atoms with Crippen LogP contribution >= 0.6 is 34.8 Å². The standard InChI is InChI=1S/C19H17Cl3F3N3O2/c1-11(30-16-3-2-13(20)9-14(16)21)18(29)28-6-4-27(5-7-28)17-15(22)8-12(10-26-17)19(23,24)25/h2-3,8-11H,4-7H2,1H3. The molecule has 1 unspecified atom stereocenters. The molecule has 0 radical (unpaired) electrons. The number of amides is 1. The van der Waals surface area contributed by atoms with Crippen LogP contribution in [0.5, 0.6) is 5.75 Å². The van der Waals surface area contributed by atoms with Crippen LogP contribution in [0.1, 0.15) is 12.5 Å². The SMILES string of the molecule is CC(Oc1ccc(Cl)cc1Cl)C(=O)N1CCN(c2ncc(C(F)(F)F)cc2Cl)CC1. The lowest BCUT2D eigenvalue weighted by Crippen LogP contribution is -2.52. The summed E-state index contributed by atoms with van der Waals surface area (Å²) in [5.41, 5.74) is -0.906. The molecule has 2 heterocycles. The van der Waals surface area contributed by atoms with Crippen molar-refractivity contribution < 1.29 is 22.7 Å². The van der Waals surface area contributed by atoms with Crippen molar-refractivity contribution in [1.29, 1.82) is 0 Å². The Morgan fingerprint density at radius 3 is 2.33 bits per heavy atom. The Bertz CT molecular complexity index is 935. The lowest BCUT2D eigenvalue weighted by Gasteiger charge is -2.36. The Hall–Kier alpha value is -1.90. The third-order valence-electron chi connectivity index (χ3n) is 4.59. The highest BCUT2D eigenvalue weighted by atomic mass is 35.5. The van der Waals surface area contributed by atoms with E-state index in [-0.39, 0.29) is 16.7 Å². The van der Waals surface area contributed by atoms with Gasteiger partial charge in [-0.15, -0.1) is 0 Å². The van der Waals surface area contributed by atoms with E-state index in [4.69, 9.17) is 39.5 Å². The minimum absolute atomic E-state index is 0.0846. The average Bonchev–Trinajstić information content (AvgIpc) is 2.69. The third-order valence-corrected chi connectivity index (χ3v) is 5.39. The van der Waals surface area contributed by atoms with E-state index in [2.05, 4.69) is 4.98 Å². The number of benzene rings is 1. The first-order chi connectivity index (χ1) is 14.1. The van der Waals surface area contributed by atoms with Gasteiger partial charge in [0.15, 0.2) is 6.10 Å². The molecule has 1 amide bonds. The summed E-state index contributed by atoms with van der Waals surface area (Å²) in [6.07, 6.45) is -4.53. The summed E-state index contributed by atoms with van der Waals surface area (Å²) < 4.78 is 44.0. The molecule has 1 atom stereocenters. The summed E-state index contributed by atoms with van der Waals surface area (Å²) in [4.78, 5) is 19.9. The summed E-state index contributed by atoms with van der Waals surface area (Å²) in [7, 11) is 0. The molecule has 2 aromatic rings. The monoisotopic (exact) mass is 481 g/mol. The second-order valence-electron chi connectivity index (χ2n) is 6.67. The molecule has 0 spiro atoms. The summed E-state index contributed by atoms with van der Waals surface area (Å²) in [6.45, 7) is 3.06. The van der Waals surface area contributed by atoms with E-state index in [1.807, 2.05) is 0 Å². The molecule has 3 rings (SSSR count). The number of hydrogen-bond donors (Lipinski definition) is 0. The van der Waals surface area contributed by atoms with E-state index >= 15 is 0 Å². The predicted octanol–water partition coefficient (Wildman–Crippen LogP) is 5.18. The number of carbonyl (C=O) groups excluding carboxylic acids is 1. The number of carbonyl (C=O) groups is 1. The fourth-order valence-electron chi connectivity index (χ4n) is 3.03. The van der Waals surface area contributed by atoms with Crippen LogP contribution in [0.2, 0.25) is 15.1 Å².